The fourth-order valence-electron chi connectivity index (χ4n) is 3.06. The molecular formula is C24H32BrNO3. The molecule has 2 aromatic carbocycles. The van der Waals surface area contributed by atoms with Crippen molar-refractivity contribution in [3.63, 3.8) is 0 Å². The van der Waals surface area contributed by atoms with Crippen LogP contribution < -0.4 is 10.1 Å². The summed E-state index contributed by atoms with van der Waals surface area (Å²) < 4.78 is 11.5. The van der Waals surface area contributed by atoms with Crippen molar-refractivity contribution in [2.45, 2.75) is 58.7 Å². The highest BCUT2D eigenvalue weighted by Gasteiger charge is 2.14. The van der Waals surface area contributed by atoms with Gasteiger partial charge in [0.25, 0.3) is 6.47 Å². The van der Waals surface area contributed by atoms with Gasteiger partial charge in [0.2, 0.25) is 0 Å². The van der Waals surface area contributed by atoms with Gasteiger partial charge in [-0.05, 0) is 94.4 Å². The minimum atomic E-state index is -0.318. The van der Waals surface area contributed by atoms with Crippen LogP contribution in [0.3, 0.4) is 0 Å². The summed E-state index contributed by atoms with van der Waals surface area (Å²) in [7, 11) is 0. The van der Waals surface area contributed by atoms with Crippen molar-refractivity contribution in [3.8, 4) is 5.75 Å². The van der Waals surface area contributed by atoms with E-state index in [-0.39, 0.29) is 5.60 Å². The minimum Gasteiger partial charge on any atom is -0.489 e. The maximum absolute atomic E-state index is 9.60. The van der Waals surface area contributed by atoms with Crippen molar-refractivity contribution < 1.29 is 14.3 Å². The van der Waals surface area contributed by atoms with E-state index in [0.717, 1.165) is 23.3 Å². The van der Waals surface area contributed by atoms with Crippen LogP contribution in [0.4, 0.5) is 0 Å². The maximum atomic E-state index is 9.60. The first kappa shape index (κ1) is 23.4. The largest absolute Gasteiger partial charge is 0.489 e. The highest BCUT2D eigenvalue weighted by Crippen LogP contribution is 2.26. The number of hydrogen-bond donors (Lipinski definition) is 1. The highest BCUT2D eigenvalue weighted by molar-refractivity contribution is 9.10. The number of carbonyl (C=O) groups excluding carboxylic acids is 1. The number of piperidine rings is 1. The first-order chi connectivity index (χ1) is 13.8. The van der Waals surface area contributed by atoms with Crippen LogP contribution in [-0.4, -0.2) is 25.2 Å². The van der Waals surface area contributed by atoms with Gasteiger partial charge in [0.1, 0.15) is 18.0 Å². The number of rotatable bonds is 5. The topological polar surface area (TPSA) is 47.6 Å². The summed E-state index contributed by atoms with van der Waals surface area (Å²) in [4.78, 5) is 9.60. The number of ether oxygens (including phenoxy) is 2. The fraction of sp³-hybridized carbons (Fsp3) is 0.458. The summed E-state index contributed by atoms with van der Waals surface area (Å²) >= 11 is 3.51. The van der Waals surface area contributed by atoms with Gasteiger partial charge in [-0.2, -0.15) is 0 Å². The predicted octanol–water partition coefficient (Wildman–Crippen LogP) is 5.76. The summed E-state index contributed by atoms with van der Waals surface area (Å²) in [6.45, 7) is 10.9. The summed E-state index contributed by atoms with van der Waals surface area (Å²) in [5.74, 6) is 1.63. The Labute approximate surface area is 183 Å². The number of carbonyl (C=O) groups is 1. The Kier molecular flexibility index (Phi) is 9.18. The lowest BCUT2D eigenvalue weighted by atomic mass is 9.90. The van der Waals surface area contributed by atoms with Crippen LogP contribution in [0.25, 0.3) is 0 Å². The minimum absolute atomic E-state index is 0.318. The summed E-state index contributed by atoms with van der Waals surface area (Å²) in [5.41, 5.74) is 3.56. The van der Waals surface area contributed by atoms with E-state index in [1.54, 1.807) is 0 Å². The van der Waals surface area contributed by atoms with Crippen LogP contribution in [0.15, 0.2) is 46.9 Å². The van der Waals surface area contributed by atoms with Gasteiger partial charge in [-0.1, -0.05) is 40.2 Å². The van der Waals surface area contributed by atoms with Crippen LogP contribution in [0.2, 0.25) is 0 Å². The Morgan fingerprint density at radius 1 is 1.10 bits per heavy atom. The van der Waals surface area contributed by atoms with Crippen molar-refractivity contribution in [1.29, 1.82) is 0 Å². The van der Waals surface area contributed by atoms with E-state index in [4.69, 9.17) is 4.74 Å². The quantitative estimate of drug-likeness (QED) is 0.574. The molecular weight excluding hydrogens is 430 g/mol. The Hall–Kier alpha value is -1.85. The van der Waals surface area contributed by atoms with E-state index in [1.807, 2.05) is 32.9 Å². The SMILES string of the molecule is CC(C)(C)OC=O.Cc1cc(OCc2ccc(C3CCNCC3)cc2)ccc1Br. The monoisotopic (exact) mass is 461 g/mol. The van der Waals surface area contributed by atoms with Crippen molar-refractivity contribution in [2.24, 2.45) is 0 Å². The average molecular weight is 462 g/mol. The lowest BCUT2D eigenvalue weighted by molar-refractivity contribution is -0.138. The third-order valence-corrected chi connectivity index (χ3v) is 5.62. The third kappa shape index (κ3) is 8.58. The molecule has 4 nitrogen and oxygen atoms in total. The third-order valence-electron chi connectivity index (χ3n) is 4.73. The van der Waals surface area contributed by atoms with Gasteiger partial charge in [-0.3, -0.25) is 4.79 Å². The molecule has 158 valence electrons. The van der Waals surface area contributed by atoms with Crippen LogP contribution in [0.5, 0.6) is 5.75 Å². The standard InChI is InChI=1S/C19H22BrNO.C5H10O2/c1-14-12-18(6-7-19(14)20)22-13-15-2-4-16(5-3-15)17-8-10-21-11-9-17;1-5(2,3)7-4-6/h2-7,12,17,21H,8-11,13H2,1H3;4H,1-3H3. The maximum Gasteiger partial charge on any atom is 0.293 e. The van der Waals surface area contributed by atoms with E-state index in [9.17, 15) is 4.79 Å². The van der Waals surface area contributed by atoms with Crippen LogP contribution >= 0.6 is 15.9 Å². The molecule has 0 saturated carbocycles. The molecule has 1 aliphatic rings. The zero-order chi connectivity index (χ0) is 21.3. The molecule has 0 unspecified atom stereocenters. The van der Waals surface area contributed by atoms with Gasteiger partial charge in [0.05, 0.1) is 0 Å². The number of hydrogen-bond acceptors (Lipinski definition) is 4. The van der Waals surface area contributed by atoms with E-state index in [2.05, 4.69) is 63.2 Å². The van der Waals surface area contributed by atoms with E-state index in [0.29, 0.717) is 19.0 Å². The first-order valence-corrected chi connectivity index (χ1v) is 10.9. The van der Waals surface area contributed by atoms with E-state index in [1.165, 1.54) is 29.5 Å². The molecule has 0 radical (unpaired) electrons. The molecule has 1 saturated heterocycles. The number of halogens is 1. The van der Waals surface area contributed by atoms with Gasteiger partial charge in [0.15, 0.2) is 0 Å². The Morgan fingerprint density at radius 3 is 2.28 bits per heavy atom. The van der Waals surface area contributed by atoms with Gasteiger partial charge < -0.3 is 14.8 Å². The average Bonchev–Trinajstić information content (AvgIpc) is 2.70. The second-order valence-electron chi connectivity index (χ2n) is 8.29. The molecule has 2 aromatic rings. The van der Waals surface area contributed by atoms with Crippen molar-refractivity contribution >= 4 is 22.4 Å². The van der Waals surface area contributed by atoms with Crippen LogP contribution in [-0.2, 0) is 16.1 Å². The van der Waals surface area contributed by atoms with Gasteiger partial charge in [-0.25, -0.2) is 0 Å². The summed E-state index contributed by atoms with van der Waals surface area (Å²) in [6.07, 6.45) is 2.49. The molecule has 0 aromatic heterocycles. The summed E-state index contributed by atoms with van der Waals surface area (Å²) in [5, 5.41) is 3.42. The molecule has 0 amide bonds. The van der Waals surface area contributed by atoms with Crippen molar-refractivity contribution in [2.75, 3.05) is 13.1 Å². The molecule has 0 bridgehead atoms. The second kappa shape index (κ2) is 11.4. The molecule has 0 aliphatic carbocycles. The first-order valence-electron chi connectivity index (χ1n) is 10.1. The lowest BCUT2D eigenvalue weighted by Crippen LogP contribution is -2.26. The van der Waals surface area contributed by atoms with Gasteiger partial charge in [-0.15, -0.1) is 0 Å². The molecule has 5 heteroatoms. The molecule has 1 N–H and O–H groups in total. The van der Waals surface area contributed by atoms with Crippen LogP contribution in [0, 0.1) is 6.92 Å². The predicted molar refractivity (Wildman–Crippen MR) is 121 cm³/mol. The molecule has 0 atom stereocenters. The van der Waals surface area contributed by atoms with E-state index < -0.39 is 0 Å². The molecule has 1 fully saturated rings. The van der Waals surface area contributed by atoms with Gasteiger partial charge in [0, 0.05) is 4.47 Å². The number of aryl methyl sites for hydroxylation is 1. The number of nitrogens with one attached hydrogen (secondary N) is 1. The molecule has 1 heterocycles. The zero-order valence-corrected chi connectivity index (χ0v) is 19.4. The molecule has 3 rings (SSSR count). The number of benzene rings is 2. The zero-order valence-electron chi connectivity index (χ0n) is 17.8. The van der Waals surface area contributed by atoms with Crippen molar-refractivity contribution in [1.82, 2.24) is 5.32 Å². The molecule has 0 spiro atoms. The molecule has 1 aliphatic heterocycles. The lowest BCUT2D eigenvalue weighted by Gasteiger charge is -2.23. The highest BCUT2D eigenvalue weighted by atomic mass is 79.9. The van der Waals surface area contributed by atoms with Gasteiger partial charge >= 0.3 is 0 Å². The van der Waals surface area contributed by atoms with E-state index >= 15 is 0 Å². The smallest absolute Gasteiger partial charge is 0.293 e. The van der Waals surface area contributed by atoms with Crippen LogP contribution in [0.1, 0.15) is 56.2 Å². The molecule has 29 heavy (non-hydrogen) atoms. The Bertz CT molecular complexity index is 763. The van der Waals surface area contributed by atoms with Crippen molar-refractivity contribution in [3.05, 3.63) is 63.6 Å². The summed E-state index contributed by atoms with van der Waals surface area (Å²) in [6, 6.07) is 15.0. The second-order valence-corrected chi connectivity index (χ2v) is 9.15. The Morgan fingerprint density at radius 2 is 1.76 bits per heavy atom. The normalized spacial score (nSPS) is 14.5. The Balaban J connectivity index is 0.000000370. The fourth-order valence-corrected chi connectivity index (χ4v) is 3.31.